The SMILES string of the molecule is CCC(C)NC(=O)C(Cc1ccccc1)N(Cc1ccccc1)C(=O)Cc1cccc(Cl)c1. The van der Waals surface area contributed by atoms with Gasteiger partial charge < -0.3 is 10.2 Å². The average Bonchev–Trinajstić information content (AvgIpc) is 2.82. The minimum absolute atomic E-state index is 0.0254. The van der Waals surface area contributed by atoms with E-state index in [0.717, 1.165) is 23.1 Å². The van der Waals surface area contributed by atoms with Gasteiger partial charge in [0.1, 0.15) is 6.04 Å². The van der Waals surface area contributed by atoms with Crippen molar-refractivity contribution in [3.63, 3.8) is 0 Å². The van der Waals surface area contributed by atoms with Crippen molar-refractivity contribution >= 4 is 23.4 Å². The summed E-state index contributed by atoms with van der Waals surface area (Å²) in [5.74, 6) is -0.245. The molecular weight excluding hydrogens is 432 g/mol. The van der Waals surface area contributed by atoms with E-state index < -0.39 is 6.04 Å². The number of halogens is 1. The summed E-state index contributed by atoms with van der Waals surface area (Å²) in [7, 11) is 0. The summed E-state index contributed by atoms with van der Waals surface area (Å²) in [6.07, 6.45) is 1.44. The Balaban J connectivity index is 1.95. The first-order valence-corrected chi connectivity index (χ1v) is 11.8. The lowest BCUT2D eigenvalue weighted by Gasteiger charge is -2.32. The Labute approximate surface area is 201 Å². The molecule has 0 radical (unpaired) electrons. The summed E-state index contributed by atoms with van der Waals surface area (Å²) < 4.78 is 0. The van der Waals surface area contributed by atoms with Crippen LogP contribution >= 0.6 is 11.6 Å². The molecular formula is C28H31ClN2O2. The number of carbonyl (C=O) groups excluding carboxylic acids is 2. The van der Waals surface area contributed by atoms with E-state index in [9.17, 15) is 9.59 Å². The topological polar surface area (TPSA) is 49.4 Å². The fourth-order valence-electron chi connectivity index (χ4n) is 3.70. The van der Waals surface area contributed by atoms with Crippen LogP contribution in [0.4, 0.5) is 0 Å². The fourth-order valence-corrected chi connectivity index (χ4v) is 3.91. The zero-order chi connectivity index (χ0) is 23.6. The summed E-state index contributed by atoms with van der Waals surface area (Å²) in [6, 6.07) is 26.3. The van der Waals surface area contributed by atoms with Gasteiger partial charge in [0.25, 0.3) is 0 Å². The lowest BCUT2D eigenvalue weighted by molar-refractivity contribution is -0.141. The first-order chi connectivity index (χ1) is 16.0. The number of nitrogens with zero attached hydrogens (tertiary/aromatic N) is 1. The van der Waals surface area contributed by atoms with Gasteiger partial charge in [-0.05, 0) is 42.2 Å². The van der Waals surface area contributed by atoms with E-state index in [2.05, 4.69) is 5.32 Å². The molecule has 3 aromatic rings. The van der Waals surface area contributed by atoms with Crippen LogP contribution in [0.15, 0.2) is 84.9 Å². The third-order valence-electron chi connectivity index (χ3n) is 5.71. The van der Waals surface area contributed by atoms with Crippen LogP contribution in [0.25, 0.3) is 0 Å². The van der Waals surface area contributed by atoms with E-state index in [1.807, 2.05) is 86.6 Å². The third kappa shape index (κ3) is 7.47. The number of amides is 2. The van der Waals surface area contributed by atoms with E-state index in [0.29, 0.717) is 18.0 Å². The molecule has 0 bridgehead atoms. The predicted molar refractivity (Wildman–Crippen MR) is 134 cm³/mol. The first-order valence-electron chi connectivity index (χ1n) is 11.4. The Morgan fingerprint density at radius 2 is 1.48 bits per heavy atom. The molecule has 0 aliphatic heterocycles. The molecule has 2 atom stereocenters. The van der Waals surface area contributed by atoms with Gasteiger partial charge in [-0.25, -0.2) is 0 Å². The molecule has 1 N–H and O–H groups in total. The quantitative estimate of drug-likeness (QED) is 0.436. The van der Waals surface area contributed by atoms with Crippen LogP contribution in [0.2, 0.25) is 5.02 Å². The maximum atomic E-state index is 13.6. The number of rotatable bonds is 10. The average molecular weight is 463 g/mol. The molecule has 2 amide bonds. The highest BCUT2D eigenvalue weighted by atomic mass is 35.5. The predicted octanol–water partition coefficient (Wildman–Crippen LogP) is 5.44. The van der Waals surface area contributed by atoms with Crippen LogP contribution in [0.3, 0.4) is 0 Å². The monoisotopic (exact) mass is 462 g/mol. The minimum atomic E-state index is -0.631. The molecule has 5 heteroatoms. The minimum Gasteiger partial charge on any atom is -0.352 e. The second kappa shape index (κ2) is 12.2. The van der Waals surface area contributed by atoms with Gasteiger partial charge in [0.15, 0.2) is 0 Å². The summed E-state index contributed by atoms with van der Waals surface area (Å²) in [4.78, 5) is 28.8. The van der Waals surface area contributed by atoms with Gasteiger partial charge >= 0.3 is 0 Å². The summed E-state index contributed by atoms with van der Waals surface area (Å²) >= 11 is 6.14. The maximum absolute atomic E-state index is 13.6. The molecule has 0 aromatic heterocycles. The Morgan fingerprint density at radius 1 is 0.879 bits per heavy atom. The van der Waals surface area contributed by atoms with Gasteiger partial charge in [0, 0.05) is 24.0 Å². The fraction of sp³-hybridized carbons (Fsp3) is 0.286. The number of hydrogen-bond acceptors (Lipinski definition) is 2. The molecule has 4 nitrogen and oxygen atoms in total. The highest BCUT2D eigenvalue weighted by molar-refractivity contribution is 6.30. The van der Waals surface area contributed by atoms with E-state index >= 15 is 0 Å². The van der Waals surface area contributed by atoms with Gasteiger partial charge in [-0.2, -0.15) is 0 Å². The molecule has 0 aliphatic rings. The number of carbonyl (C=O) groups is 2. The van der Waals surface area contributed by atoms with Gasteiger partial charge in [0.05, 0.1) is 6.42 Å². The molecule has 0 fully saturated rings. The summed E-state index contributed by atoms with van der Waals surface area (Å²) in [5, 5.41) is 3.68. The number of hydrogen-bond donors (Lipinski definition) is 1. The van der Waals surface area contributed by atoms with Crippen molar-refractivity contribution in [1.82, 2.24) is 10.2 Å². The smallest absolute Gasteiger partial charge is 0.243 e. The van der Waals surface area contributed by atoms with Crippen molar-refractivity contribution in [3.8, 4) is 0 Å². The highest BCUT2D eigenvalue weighted by Crippen LogP contribution is 2.18. The van der Waals surface area contributed by atoms with Crippen LogP contribution in [0.1, 0.15) is 37.0 Å². The molecule has 33 heavy (non-hydrogen) atoms. The van der Waals surface area contributed by atoms with Crippen molar-refractivity contribution < 1.29 is 9.59 Å². The lowest BCUT2D eigenvalue weighted by atomic mass is 10.0. The molecule has 0 saturated carbocycles. The largest absolute Gasteiger partial charge is 0.352 e. The van der Waals surface area contributed by atoms with Crippen LogP contribution < -0.4 is 5.32 Å². The summed E-state index contributed by atoms with van der Waals surface area (Å²) in [6.45, 7) is 4.36. The molecule has 3 aromatic carbocycles. The van der Waals surface area contributed by atoms with Crippen molar-refractivity contribution in [2.24, 2.45) is 0 Å². The van der Waals surface area contributed by atoms with Crippen molar-refractivity contribution in [1.29, 1.82) is 0 Å². The molecule has 0 spiro atoms. The van der Waals surface area contributed by atoms with Crippen molar-refractivity contribution in [3.05, 3.63) is 107 Å². The van der Waals surface area contributed by atoms with Gasteiger partial charge in [-0.15, -0.1) is 0 Å². The standard InChI is InChI=1S/C28H31ClN2O2/c1-3-21(2)30-28(33)26(18-22-11-6-4-7-12-22)31(20-23-13-8-5-9-14-23)27(32)19-24-15-10-16-25(29)17-24/h4-17,21,26H,3,18-20H2,1-2H3,(H,30,33). The Bertz CT molecular complexity index is 1040. The Morgan fingerprint density at radius 3 is 2.09 bits per heavy atom. The van der Waals surface area contributed by atoms with Crippen LogP contribution in [-0.4, -0.2) is 28.8 Å². The Hall–Kier alpha value is -3.11. The zero-order valence-electron chi connectivity index (χ0n) is 19.2. The summed E-state index contributed by atoms with van der Waals surface area (Å²) in [5.41, 5.74) is 2.81. The molecule has 0 heterocycles. The highest BCUT2D eigenvalue weighted by Gasteiger charge is 2.31. The van der Waals surface area contributed by atoms with Gasteiger partial charge in [-0.1, -0.05) is 91.3 Å². The van der Waals surface area contributed by atoms with Gasteiger partial charge in [0.2, 0.25) is 11.8 Å². The second-order valence-electron chi connectivity index (χ2n) is 8.34. The Kier molecular flexibility index (Phi) is 9.08. The number of nitrogens with one attached hydrogen (secondary N) is 1. The zero-order valence-corrected chi connectivity index (χ0v) is 20.0. The molecule has 172 valence electrons. The number of benzene rings is 3. The van der Waals surface area contributed by atoms with Crippen molar-refractivity contribution in [2.75, 3.05) is 0 Å². The first kappa shape index (κ1) is 24.5. The van der Waals surface area contributed by atoms with E-state index in [1.54, 1.807) is 17.0 Å². The maximum Gasteiger partial charge on any atom is 0.243 e. The van der Waals surface area contributed by atoms with E-state index in [1.165, 1.54) is 0 Å². The van der Waals surface area contributed by atoms with Crippen LogP contribution in [0, 0.1) is 0 Å². The molecule has 0 aliphatic carbocycles. The second-order valence-corrected chi connectivity index (χ2v) is 8.77. The molecule has 0 saturated heterocycles. The lowest BCUT2D eigenvalue weighted by Crippen LogP contribution is -2.52. The van der Waals surface area contributed by atoms with Gasteiger partial charge in [-0.3, -0.25) is 9.59 Å². The third-order valence-corrected chi connectivity index (χ3v) is 5.95. The van der Waals surface area contributed by atoms with E-state index in [-0.39, 0.29) is 24.3 Å². The molecule has 3 rings (SSSR count). The van der Waals surface area contributed by atoms with Crippen molar-refractivity contribution in [2.45, 2.75) is 51.7 Å². The molecule has 2 unspecified atom stereocenters. The van der Waals surface area contributed by atoms with Crippen LogP contribution in [0.5, 0.6) is 0 Å². The van der Waals surface area contributed by atoms with Crippen LogP contribution in [-0.2, 0) is 29.0 Å². The normalized spacial score (nSPS) is 12.6. The van der Waals surface area contributed by atoms with E-state index in [4.69, 9.17) is 11.6 Å².